The molecule has 1 aliphatic rings. The molecule has 2 aromatic rings. The number of ether oxygens (including phenoxy) is 2. The average Bonchev–Trinajstić information content (AvgIpc) is 2.76. The summed E-state index contributed by atoms with van der Waals surface area (Å²) in [6.07, 6.45) is 3.23. The van der Waals surface area contributed by atoms with E-state index in [4.69, 9.17) is 15.2 Å². The van der Waals surface area contributed by atoms with Gasteiger partial charge >= 0.3 is 0 Å². The summed E-state index contributed by atoms with van der Waals surface area (Å²) in [7, 11) is 1.71. The van der Waals surface area contributed by atoms with Gasteiger partial charge in [-0.1, -0.05) is 18.2 Å². The summed E-state index contributed by atoms with van der Waals surface area (Å²) in [5, 5.41) is 0. The van der Waals surface area contributed by atoms with Gasteiger partial charge in [0.15, 0.2) is 0 Å². The van der Waals surface area contributed by atoms with Crippen molar-refractivity contribution in [3.63, 3.8) is 0 Å². The Morgan fingerprint density at radius 3 is 2.55 bits per heavy atom. The molecule has 1 fully saturated rings. The van der Waals surface area contributed by atoms with Crippen molar-refractivity contribution in [2.75, 3.05) is 51.3 Å². The van der Waals surface area contributed by atoms with E-state index >= 15 is 0 Å². The molecule has 0 saturated carbocycles. The molecular weight excluding hydrogens is 366 g/mol. The minimum absolute atomic E-state index is 0.446. The molecule has 1 heterocycles. The van der Waals surface area contributed by atoms with E-state index in [2.05, 4.69) is 21.9 Å². The van der Waals surface area contributed by atoms with Crippen LogP contribution < -0.4 is 20.1 Å². The van der Waals surface area contributed by atoms with Gasteiger partial charge < -0.3 is 20.1 Å². The van der Waals surface area contributed by atoms with E-state index in [-0.39, 0.29) is 0 Å². The first-order chi connectivity index (χ1) is 14.2. The molecule has 0 aromatic heterocycles. The van der Waals surface area contributed by atoms with Crippen molar-refractivity contribution < 1.29 is 14.3 Å². The van der Waals surface area contributed by atoms with Crippen LogP contribution in [0.15, 0.2) is 48.5 Å². The summed E-state index contributed by atoms with van der Waals surface area (Å²) >= 11 is 0. The van der Waals surface area contributed by atoms with E-state index < -0.39 is 5.91 Å². The lowest BCUT2D eigenvalue weighted by molar-refractivity contribution is 0.0996. The van der Waals surface area contributed by atoms with Gasteiger partial charge in [0.05, 0.1) is 19.3 Å². The molecule has 0 radical (unpaired) electrons. The van der Waals surface area contributed by atoms with Crippen LogP contribution in [-0.4, -0.2) is 57.2 Å². The highest BCUT2D eigenvalue weighted by Gasteiger charge is 2.17. The Morgan fingerprint density at radius 1 is 1.00 bits per heavy atom. The van der Waals surface area contributed by atoms with E-state index in [1.54, 1.807) is 25.3 Å². The normalized spacial score (nSPS) is 14.6. The maximum absolute atomic E-state index is 11.4. The molecule has 1 aliphatic heterocycles. The third-order valence-corrected chi connectivity index (χ3v) is 5.32. The molecule has 2 aromatic carbocycles. The summed E-state index contributed by atoms with van der Waals surface area (Å²) in [6.45, 7) is 5.97. The number of carbonyl (C=O) groups excluding carboxylic acids is 1. The molecule has 0 atom stereocenters. The fraction of sp³-hybridized carbons (Fsp3) is 0.435. The Labute approximate surface area is 173 Å². The Morgan fingerprint density at radius 2 is 1.79 bits per heavy atom. The maximum atomic E-state index is 11.4. The molecule has 0 bridgehead atoms. The van der Waals surface area contributed by atoms with Crippen LogP contribution >= 0.6 is 0 Å². The van der Waals surface area contributed by atoms with Crippen molar-refractivity contribution in [2.24, 2.45) is 5.73 Å². The van der Waals surface area contributed by atoms with Gasteiger partial charge in [-0.25, -0.2) is 0 Å². The van der Waals surface area contributed by atoms with Gasteiger partial charge in [-0.2, -0.15) is 0 Å². The topological polar surface area (TPSA) is 68.0 Å². The van der Waals surface area contributed by atoms with Crippen LogP contribution in [0.1, 0.15) is 29.6 Å². The first-order valence-corrected chi connectivity index (χ1v) is 10.3. The number of anilines is 1. The number of para-hydroxylation sites is 1. The van der Waals surface area contributed by atoms with Crippen LogP contribution in [0.5, 0.6) is 11.5 Å². The average molecular weight is 398 g/mol. The lowest BCUT2D eigenvalue weighted by atomic mass is 10.2. The number of nitrogens with two attached hydrogens (primary N) is 1. The van der Waals surface area contributed by atoms with Crippen molar-refractivity contribution in [2.45, 2.75) is 19.3 Å². The van der Waals surface area contributed by atoms with Gasteiger partial charge in [-0.05, 0) is 50.1 Å². The number of amides is 1. The number of carbonyl (C=O) groups is 1. The van der Waals surface area contributed by atoms with Crippen molar-refractivity contribution in [1.29, 1.82) is 0 Å². The maximum Gasteiger partial charge on any atom is 0.252 e. The zero-order chi connectivity index (χ0) is 20.5. The van der Waals surface area contributed by atoms with Gasteiger partial charge in [0.1, 0.15) is 11.5 Å². The van der Waals surface area contributed by atoms with E-state index in [0.29, 0.717) is 17.9 Å². The summed E-state index contributed by atoms with van der Waals surface area (Å²) in [4.78, 5) is 16.4. The van der Waals surface area contributed by atoms with Crippen molar-refractivity contribution in [1.82, 2.24) is 4.90 Å². The molecule has 0 spiro atoms. The molecule has 156 valence electrons. The van der Waals surface area contributed by atoms with Gasteiger partial charge in [0.25, 0.3) is 5.91 Å². The molecule has 0 aliphatic carbocycles. The Hall–Kier alpha value is -2.73. The van der Waals surface area contributed by atoms with E-state index in [1.165, 1.54) is 5.69 Å². The third kappa shape index (κ3) is 6.12. The first kappa shape index (κ1) is 21.0. The summed E-state index contributed by atoms with van der Waals surface area (Å²) in [6, 6.07) is 15.4. The number of hydrogen-bond donors (Lipinski definition) is 1. The van der Waals surface area contributed by atoms with E-state index in [0.717, 1.165) is 57.7 Å². The number of methoxy groups -OCH3 is 1. The van der Waals surface area contributed by atoms with Gasteiger partial charge in [0.2, 0.25) is 0 Å². The number of primary amides is 1. The quantitative estimate of drug-likeness (QED) is 0.624. The summed E-state index contributed by atoms with van der Waals surface area (Å²) < 4.78 is 11.1. The van der Waals surface area contributed by atoms with Crippen LogP contribution in [0, 0.1) is 0 Å². The highest BCUT2D eigenvalue weighted by atomic mass is 16.5. The van der Waals surface area contributed by atoms with Crippen molar-refractivity contribution >= 4 is 11.6 Å². The molecule has 2 N–H and O–H groups in total. The smallest absolute Gasteiger partial charge is 0.252 e. The van der Waals surface area contributed by atoms with Gasteiger partial charge in [-0.15, -0.1) is 0 Å². The molecule has 6 nitrogen and oxygen atoms in total. The minimum Gasteiger partial charge on any atom is -0.497 e. The molecule has 1 saturated heterocycles. The highest BCUT2D eigenvalue weighted by Crippen LogP contribution is 2.22. The number of nitrogens with zero attached hydrogens (tertiary/aromatic N) is 2. The lowest BCUT2D eigenvalue weighted by Gasteiger charge is -2.36. The number of hydrogen-bond acceptors (Lipinski definition) is 5. The zero-order valence-corrected chi connectivity index (χ0v) is 17.2. The fourth-order valence-electron chi connectivity index (χ4n) is 3.63. The van der Waals surface area contributed by atoms with Gasteiger partial charge in [-0.3, -0.25) is 9.69 Å². The van der Waals surface area contributed by atoms with Crippen LogP contribution in [0.25, 0.3) is 0 Å². The fourth-order valence-corrected chi connectivity index (χ4v) is 3.63. The molecule has 0 unspecified atom stereocenters. The summed E-state index contributed by atoms with van der Waals surface area (Å²) in [5.74, 6) is 1.04. The summed E-state index contributed by atoms with van der Waals surface area (Å²) in [5.41, 5.74) is 7.06. The lowest BCUT2D eigenvalue weighted by Crippen LogP contribution is -2.46. The van der Waals surface area contributed by atoms with E-state index in [9.17, 15) is 4.79 Å². The predicted octanol–water partition coefficient (Wildman–Crippen LogP) is 3.17. The van der Waals surface area contributed by atoms with Crippen LogP contribution in [0.4, 0.5) is 5.69 Å². The number of unbranched alkanes of at least 4 members (excludes halogenated alkanes) is 2. The number of rotatable bonds is 10. The predicted molar refractivity (Wildman–Crippen MR) is 116 cm³/mol. The minimum atomic E-state index is -0.450. The largest absolute Gasteiger partial charge is 0.497 e. The zero-order valence-electron chi connectivity index (χ0n) is 17.2. The Kier molecular flexibility index (Phi) is 7.76. The van der Waals surface area contributed by atoms with Crippen molar-refractivity contribution in [3.8, 4) is 11.5 Å². The molecule has 29 heavy (non-hydrogen) atoms. The van der Waals surface area contributed by atoms with Crippen molar-refractivity contribution in [3.05, 3.63) is 54.1 Å². The third-order valence-electron chi connectivity index (χ3n) is 5.32. The molecule has 6 heteroatoms. The SMILES string of the molecule is COc1cccc(N2CCN(CCCCCOc3ccccc3C(N)=O)CC2)c1. The van der Waals surface area contributed by atoms with E-state index in [1.807, 2.05) is 18.2 Å². The van der Waals surface area contributed by atoms with Gasteiger partial charge in [0, 0.05) is 37.9 Å². The molecule has 3 rings (SSSR count). The van der Waals surface area contributed by atoms with Crippen LogP contribution in [0.2, 0.25) is 0 Å². The van der Waals surface area contributed by atoms with Crippen LogP contribution in [-0.2, 0) is 0 Å². The number of piperazine rings is 1. The van der Waals surface area contributed by atoms with Crippen LogP contribution in [0.3, 0.4) is 0 Å². The highest BCUT2D eigenvalue weighted by molar-refractivity contribution is 5.95. The Balaban J connectivity index is 1.31. The second-order valence-corrected chi connectivity index (χ2v) is 7.30. The second kappa shape index (κ2) is 10.7. The Bertz CT molecular complexity index is 788. The molecular formula is C23H31N3O3. The number of benzene rings is 2. The molecule has 1 amide bonds. The first-order valence-electron chi connectivity index (χ1n) is 10.3. The standard InChI is InChI=1S/C23H31N3O3/c1-28-20-9-7-8-19(18-20)26-15-13-25(14-16-26)12-5-2-6-17-29-22-11-4-3-10-21(22)23(24)27/h3-4,7-11,18H,2,5-6,12-17H2,1H3,(H2,24,27). The monoisotopic (exact) mass is 397 g/mol. The second-order valence-electron chi connectivity index (χ2n) is 7.30.